The summed E-state index contributed by atoms with van der Waals surface area (Å²) in [5.74, 6) is -0.750. The lowest BCUT2D eigenvalue weighted by Gasteiger charge is -1.92. The number of nitrogens with zero attached hydrogens (tertiary/aromatic N) is 2. The molecule has 0 saturated carbocycles. The molecule has 7 nitrogen and oxygen atoms in total. The van der Waals surface area contributed by atoms with Crippen LogP contribution in [0.25, 0.3) is 12.2 Å². The number of nitro groups is 1. The van der Waals surface area contributed by atoms with E-state index in [1.54, 1.807) is 12.2 Å². The lowest BCUT2D eigenvalue weighted by Crippen LogP contribution is -2.01. The summed E-state index contributed by atoms with van der Waals surface area (Å²) in [5, 5.41) is 10.6. The summed E-state index contributed by atoms with van der Waals surface area (Å²) in [6.45, 7) is 0. The summed E-state index contributed by atoms with van der Waals surface area (Å²) in [7, 11) is 0. The van der Waals surface area contributed by atoms with Crippen LogP contribution in [0.3, 0.4) is 0 Å². The van der Waals surface area contributed by atoms with E-state index in [2.05, 4.69) is 4.99 Å². The molecule has 2 aromatic rings. The van der Waals surface area contributed by atoms with E-state index in [1.165, 1.54) is 18.2 Å². The van der Waals surface area contributed by atoms with Crippen LogP contribution in [0.2, 0.25) is 0 Å². The smallest absolute Gasteiger partial charge is 0.403 e. The number of furan rings is 1. The van der Waals surface area contributed by atoms with Crippen LogP contribution in [0, 0.1) is 10.1 Å². The number of ether oxygens (including phenoxy) is 1. The molecule has 23 heavy (non-hydrogen) atoms. The van der Waals surface area contributed by atoms with E-state index in [9.17, 15) is 14.9 Å². The number of benzene rings is 1. The van der Waals surface area contributed by atoms with Gasteiger partial charge in [-0.15, -0.1) is 0 Å². The number of hydrogen-bond acceptors (Lipinski definition) is 6. The summed E-state index contributed by atoms with van der Waals surface area (Å²) >= 11 is 0. The van der Waals surface area contributed by atoms with E-state index < -0.39 is 16.8 Å². The average molecular weight is 310 g/mol. The molecule has 0 saturated heterocycles. The van der Waals surface area contributed by atoms with Crippen LogP contribution in [0.1, 0.15) is 11.3 Å². The minimum atomic E-state index is -0.660. The summed E-state index contributed by atoms with van der Waals surface area (Å²) < 4.78 is 9.95. The SMILES string of the molecule is O=C1OC(/C=C/c2ccccc2)=NC/1=C\c1ccc([N+](=O)[O-])o1. The van der Waals surface area contributed by atoms with Crippen LogP contribution in [0.4, 0.5) is 5.88 Å². The first-order chi connectivity index (χ1) is 11.1. The monoisotopic (exact) mass is 310 g/mol. The van der Waals surface area contributed by atoms with Crippen molar-refractivity contribution in [3.05, 3.63) is 75.7 Å². The maximum absolute atomic E-state index is 11.7. The predicted molar refractivity (Wildman–Crippen MR) is 82.3 cm³/mol. The van der Waals surface area contributed by atoms with Gasteiger partial charge in [0.1, 0.15) is 10.7 Å². The molecule has 2 heterocycles. The van der Waals surface area contributed by atoms with Crippen LogP contribution >= 0.6 is 0 Å². The Kier molecular flexibility index (Phi) is 3.84. The van der Waals surface area contributed by atoms with Gasteiger partial charge >= 0.3 is 11.9 Å². The highest BCUT2D eigenvalue weighted by molar-refractivity contribution is 6.11. The molecular weight excluding hydrogens is 300 g/mol. The van der Waals surface area contributed by atoms with E-state index in [1.807, 2.05) is 30.3 Å². The molecule has 1 aliphatic heterocycles. The molecule has 114 valence electrons. The van der Waals surface area contributed by atoms with Crippen LogP contribution in [0.15, 0.2) is 63.6 Å². The number of aliphatic imine (C=N–C) groups is 1. The normalized spacial score (nSPS) is 15.9. The maximum atomic E-state index is 11.7. The van der Waals surface area contributed by atoms with Crippen molar-refractivity contribution in [1.29, 1.82) is 0 Å². The topological polar surface area (TPSA) is 94.9 Å². The Morgan fingerprint density at radius 2 is 1.87 bits per heavy atom. The molecule has 0 fully saturated rings. The molecule has 0 radical (unpaired) electrons. The van der Waals surface area contributed by atoms with Crippen molar-refractivity contribution in [2.24, 2.45) is 4.99 Å². The number of esters is 1. The molecule has 0 bridgehead atoms. The Hall–Kier alpha value is -3.48. The van der Waals surface area contributed by atoms with Gasteiger partial charge in [-0.25, -0.2) is 9.79 Å². The lowest BCUT2D eigenvalue weighted by molar-refractivity contribution is -0.402. The van der Waals surface area contributed by atoms with Gasteiger partial charge in [-0.1, -0.05) is 30.3 Å². The molecule has 0 atom stereocenters. The van der Waals surface area contributed by atoms with Crippen LogP contribution < -0.4 is 0 Å². The van der Waals surface area contributed by atoms with Gasteiger partial charge in [0.2, 0.25) is 5.90 Å². The van der Waals surface area contributed by atoms with Crippen molar-refractivity contribution in [3.63, 3.8) is 0 Å². The number of hydrogen-bond donors (Lipinski definition) is 0. The Balaban J connectivity index is 1.79. The van der Waals surface area contributed by atoms with Crippen molar-refractivity contribution >= 4 is 29.9 Å². The van der Waals surface area contributed by atoms with Gasteiger partial charge in [-0.05, 0) is 17.7 Å². The highest BCUT2D eigenvalue weighted by Gasteiger charge is 2.22. The Bertz CT molecular complexity index is 846. The molecule has 0 N–H and O–H groups in total. The first kappa shape index (κ1) is 14.5. The Morgan fingerprint density at radius 3 is 2.57 bits per heavy atom. The minimum Gasteiger partial charge on any atom is -0.403 e. The van der Waals surface area contributed by atoms with Crippen molar-refractivity contribution < 1.29 is 18.9 Å². The highest BCUT2D eigenvalue weighted by atomic mass is 16.6. The molecule has 1 aromatic carbocycles. The number of rotatable bonds is 4. The van der Waals surface area contributed by atoms with Crippen molar-refractivity contribution in [2.75, 3.05) is 0 Å². The first-order valence-corrected chi connectivity index (χ1v) is 6.62. The zero-order chi connectivity index (χ0) is 16.2. The van der Waals surface area contributed by atoms with E-state index in [0.717, 1.165) is 5.56 Å². The van der Waals surface area contributed by atoms with Gasteiger partial charge in [-0.2, -0.15) is 0 Å². The van der Waals surface area contributed by atoms with Crippen LogP contribution in [-0.4, -0.2) is 16.8 Å². The lowest BCUT2D eigenvalue weighted by atomic mass is 10.2. The number of carbonyl (C=O) groups excluding carboxylic acids is 1. The second-order valence-corrected chi connectivity index (χ2v) is 4.55. The second kappa shape index (κ2) is 6.10. The third-order valence-corrected chi connectivity index (χ3v) is 2.93. The van der Waals surface area contributed by atoms with E-state index in [-0.39, 0.29) is 17.4 Å². The zero-order valence-electron chi connectivity index (χ0n) is 11.7. The molecule has 0 unspecified atom stereocenters. The molecule has 0 spiro atoms. The summed E-state index contributed by atoms with van der Waals surface area (Å²) in [6, 6.07) is 12.0. The standard InChI is InChI=1S/C16H10N2O5/c19-16-13(10-12-7-9-15(22-12)18(20)21)17-14(23-16)8-6-11-4-2-1-3-5-11/h1-10H/b8-6+,13-10-. The highest BCUT2D eigenvalue weighted by Crippen LogP contribution is 2.21. The van der Waals surface area contributed by atoms with Crippen LogP contribution in [-0.2, 0) is 9.53 Å². The number of carbonyl (C=O) groups is 1. The fourth-order valence-corrected chi connectivity index (χ4v) is 1.88. The van der Waals surface area contributed by atoms with Crippen molar-refractivity contribution in [2.45, 2.75) is 0 Å². The molecule has 0 aliphatic carbocycles. The van der Waals surface area contributed by atoms with Gasteiger partial charge in [-0.3, -0.25) is 10.1 Å². The largest absolute Gasteiger partial charge is 0.433 e. The fourth-order valence-electron chi connectivity index (χ4n) is 1.88. The second-order valence-electron chi connectivity index (χ2n) is 4.55. The third kappa shape index (κ3) is 3.41. The quantitative estimate of drug-likeness (QED) is 0.374. The molecular formula is C16H10N2O5. The summed E-state index contributed by atoms with van der Waals surface area (Å²) in [5.41, 5.74) is 0.951. The van der Waals surface area contributed by atoms with Crippen molar-refractivity contribution in [1.82, 2.24) is 0 Å². The van der Waals surface area contributed by atoms with Gasteiger partial charge in [0.15, 0.2) is 5.70 Å². The predicted octanol–water partition coefficient (Wildman–Crippen LogP) is 3.20. The van der Waals surface area contributed by atoms with Crippen LogP contribution in [0.5, 0.6) is 0 Å². The summed E-state index contributed by atoms with van der Waals surface area (Å²) in [6.07, 6.45) is 4.62. The van der Waals surface area contributed by atoms with E-state index in [4.69, 9.17) is 9.15 Å². The number of cyclic esters (lactones) is 1. The minimum absolute atomic E-state index is 0.0157. The Labute approximate surface area is 130 Å². The molecule has 3 rings (SSSR count). The average Bonchev–Trinajstić information content (AvgIpc) is 3.14. The zero-order valence-corrected chi connectivity index (χ0v) is 11.7. The Morgan fingerprint density at radius 1 is 1.09 bits per heavy atom. The molecule has 1 aromatic heterocycles. The van der Waals surface area contributed by atoms with Gasteiger partial charge in [0.25, 0.3) is 0 Å². The maximum Gasteiger partial charge on any atom is 0.433 e. The van der Waals surface area contributed by atoms with E-state index in [0.29, 0.717) is 0 Å². The van der Waals surface area contributed by atoms with Gasteiger partial charge in [0.05, 0.1) is 6.07 Å². The molecule has 7 heteroatoms. The van der Waals surface area contributed by atoms with Crippen molar-refractivity contribution in [3.8, 4) is 0 Å². The third-order valence-electron chi connectivity index (χ3n) is 2.93. The fraction of sp³-hybridized carbons (Fsp3) is 0. The first-order valence-electron chi connectivity index (χ1n) is 6.62. The van der Waals surface area contributed by atoms with E-state index >= 15 is 0 Å². The van der Waals surface area contributed by atoms with Gasteiger partial charge in [0, 0.05) is 12.2 Å². The summed E-state index contributed by atoms with van der Waals surface area (Å²) in [4.78, 5) is 25.6. The van der Waals surface area contributed by atoms with Gasteiger partial charge < -0.3 is 9.15 Å². The molecule has 0 amide bonds. The molecule has 1 aliphatic rings.